The summed E-state index contributed by atoms with van der Waals surface area (Å²) >= 11 is 0. The molecule has 1 aromatic carbocycles. The zero-order valence-electron chi connectivity index (χ0n) is 9.29. The molecule has 0 bridgehead atoms. The van der Waals surface area contributed by atoms with Crippen LogP contribution in [-0.2, 0) is 4.79 Å². The van der Waals surface area contributed by atoms with Crippen LogP contribution in [0.3, 0.4) is 0 Å². The number of rotatable bonds is 6. The molecule has 0 aliphatic heterocycles. The maximum atomic E-state index is 13.7. The molecule has 0 amide bonds. The first kappa shape index (κ1) is 13.4. The number of aliphatic hydroxyl groups is 1. The topological polar surface area (TPSA) is 57.5 Å². The first-order chi connectivity index (χ1) is 8.11. The van der Waals surface area contributed by atoms with Gasteiger partial charge in [0, 0.05) is 6.08 Å². The Kier molecular flexibility index (Phi) is 5.36. The molecule has 0 aromatic heterocycles. The van der Waals surface area contributed by atoms with Gasteiger partial charge in [-0.25, -0.2) is 9.18 Å². The average molecular weight is 238 g/mol. The van der Waals surface area contributed by atoms with Gasteiger partial charge in [-0.2, -0.15) is 0 Å². The van der Waals surface area contributed by atoms with E-state index in [0.29, 0.717) is 12.0 Å². The van der Waals surface area contributed by atoms with E-state index in [1.54, 1.807) is 30.3 Å². The first-order valence-electron chi connectivity index (χ1n) is 5.38. The summed E-state index contributed by atoms with van der Waals surface area (Å²) in [5.74, 6) is -1.04. The Bertz CT molecular complexity index is 376. The highest BCUT2D eigenvalue weighted by Crippen LogP contribution is 2.23. The quantitative estimate of drug-likeness (QED) is 0.748. The minimum absolute atomic E-state index is 0.194. The van der Waals surface area contributed by atoms with E-state index in [4.69, 9.17) is 5.11 Å². The van der Waals surface area contributed by atoms with Crippen molar-refractivity contribution in [3.63, 3.8) is 0 Å². The monoisotopic (exact) mass is 238 g/mol. The number of hydrogen-bond acceptors (Lipinski definition) is 2. The second-order valence-corrected chi connectivity index (χ2v) is 3.70. The Morgan fingerprint density at radius 3 is 2.59 bits per heavy atom. The number of allylic oxidation sites excluding steroid dienone is 1. The van der Waals surface area contributed by atoms with Crippen LogP contribution in [0.1, 0.15) is 24.6 Å². The smallest absolute Gasteiger partial charge is 0.327 e. The van der Waals surface area contributed by atoms with Crippen LogP contribution in [0.4, 0.5) is 4.39 Å². The number of hydrogen-bond donors (Lipinski definition) is 2. The number of carboxylic acids is 1. The Hall–Kier alpha value is -1.68. The molecule has 0 radical (unpaired) electrons. The van der Waals surface area contributed by atoms with Crippen molar-refractivity contribution in [1.82, 2.24) is 0 Å². The van der Waals surface area contributed by atoms with Crippen molar-refractivity contribution < 1.29 is 19.4 Å². The molecule has 2 unspecified atom stereocenters. The predicted molar refractivity (Wildman–Crippen MR) is 62.3 cm³/mol. The van der Waals surface area contributed by atoms with Gasteiger partial charge in [0.15, 0.2) is 6.17 Å². The highest BCUT2D eigenvalue weighted by atomic mass is 19.1. The third-order valence-electron chi connectivity index (χ3n) is 2.35. The van der Waals surface area contributed by atoms with Crippen LogP contribution in [0.5, 0.6) is 0 Å². The third-order valence-corrected chi connectivity index (χ3v) is 2.35. The maximum Gasteiger partial charge on any atom is 0.327 e. The van der Waals surface area contributed by atoms with Crippen LogP contribution in [0, 0.1) is 0 Å². The standard InChI is InChI=1S/C13H15FO3/c14-13(10-6-2-1-3-7-10)11(15)8-4-5-9-12(16)17/h1-3,5-7,9,11,13,15H,4,8H2,(H,16,17)/b9-5-. The van der Waals surface area contributed by atoms with Crippen molar-refractivity contribution in [3.8, 4) is 0 Å². The second-order valence-electron chi connectivity index (χ2n) is 3.70. The van der Waals surface area contributed by atoms with Crippen LogP contribution in [0.2, 0.25) is 0 Å². The lowest BCUT2D eigenvalue weighted by Gasteiger charge is -2.14. The minimum atomic E-state index is -1.44. The molecule has 0 fully saturated rings. The summed E-state index contributed by atoms with van der Waals surface area (Å²) in [5.41, 5.74) is 0.433. The van der Waals surface area contributed by atoms with Crippen LogP contribution in [-0.4, -0.2) is 22.3 Å². The Balaban J connectivity index is 2.42. The third kappa shape index (κ3) is 4.78. The van der Waals surface area contributed by atoms with Gasteiger partial charge < -0.3 is 10.2 Å². The molecule has 3 nitrogen and oxygen atoms in total. The van der Waals surface area contributed by atoms with Gasteiger partial charge in [-0.15, -0.1) is 0 Å². The van der Waals surface area contributed by atoms with Crippen molar-refractivity contribution in [1.29, 1.82) is 0 Å². The molecule has 0 aliphatic rings. The van der Waals surface area contributed by atoms with Crippen LogP contribution >= 0.6 is 0 Å². The summed E-state index contributed by atoms with van der Waals surface area (Å²) in [5, 5.41) is 17.9. The maximum absolute atomic E-state index is 13.7. The van der Waals surface area contributed by atoms with E-state index in [0.717, 1.165) is 6.08 Å². The lowest BCUT2D eigenvalue weighted by molar-refractivity contribution is -0.131. The second kappa shape index (κ2) is 6.81. The van der Waals surface area contributed by atoms with E-state index in [9.17, 15) is 14.3 Å². The molecule has 4 heteroatoms. The molecule has 0 saturated heterocycles. The van der Waals surface area contributed by atoms with Gasteiger partial charge in [0.25, 0.3) is 0 Å². The molecule has 0 heterocycles. The summed E-state index contributed by atoms with van der Waals surface area (Å²) in [6.07, 6.45) is 0.372. The van der Waals surface area contributed by atoms with Gasteiger partial charge >= 0.3 is 5.97 Å². The van der Waals surface area contributed by atoms with Gasteiger partial charge in [0.1, 0.15) is 0 Å². The van der Waals surface area contributed by atoms with E-state index in [-0.39, 0.29) is 6.42 Å². The van der Waals surface area contributed by atoms with Gasteiger partial charge in [-0.05, 0) is 18.4 Å². The zero-order valence-corrected chi connectivity index (χ0v) is 9.29. The van der Waals surface area contributed by atoms with Crippen molar-refractivity contribution >= 4 is 5.97 Å². The lowest BCUT2D eigenvalue weighted by atomic mass is 10.0. The van der Waals surface area contributed by atoms with Gasteiger partial charge in [-0.1, -0.05) is 36.4 Å². The van der Waals surface area contributed by atoms with E-state index >= 15 is 0 Å². The Morgan fingerprint density at radius 1 is 1.35 bits per heavy atom. The lowest BCUT2D eigenvalue weighted by Crippen LogP contribution is -2.14. The first-order valence-corrected chi connectivity index (χ1v) is 5.38. The summed E-state index contributed by atoms with van der Waals surface area (Å²) in [7, 11) is 0. The van der Waals surface area contributed by atoms with Gasteiger partial charge in [-0.3, -0.25) is 0 Å². The zero-order chi connectivity index (χ0) is 12.7. The average Bonchev–Trinajstić information content (AvgIpc) is 2.34. The number of benzene rings is 1. The van der Waals surface area contributed by atoms with Gasteiger partial charge in [0.05, 0.1) is 6.10 Å². The molecule has 0 saturated carbocycles. The van der Waals surface area contributed by atoms with E-state index in [1.165, 1.54) is 6.08 Å². The molecule has 2 atom stereocenters. The summed E-state index contributed by atoms with van der Waals surface area (Å²) in [4.78, 5) is 10.2. The SMILES string of the molecule is O=C(O)/C=C\CCC(O)C(F)c1ccccc1. The molecule has 2 N–H and O–H groups in total. The molecular formula is C13H15FO3. The summed E-state index contributed by atoms with van der Waals surface area (Å²) in [6, 6.07) is 8.41. The van der Waals surface area contributed by atoms with Crippen LogP contribution < -0.4 is 0 Å². The van der Waals surface area contributed by atoms with Gasteiger partial charge in [0.2, 0.25) is 0 Å². The highest BCUT2D eigenvalue weighted by Gasteiger charge is 2.19. The van der Waals surface area contributed by atoms with Crippen LogP contribution in [0.25, 0.3) is 0 Å². The predicted octanol–water partition coefficient (Wildman–Crippen LogP) is 2.48. The molecule has 1 aromatic rings. The molecule has 92 valence electrons. The molecule has 17 heavy (non-hydrogen) atoms. The molecule has 1 rings (SSSR count). The molecule has 0 spiro atoms. The number of halogens is 1. The summed E-state index contributed by atoms with van der Waals surface area (Å²) < 4.78 is 13.7. The van der Waals surface area contributed by atoms with E-state index in [2.05, 4.69) is 0 Å². The fraction of sp³-hybridized carbons (Fsp3) is 0.308. The Labute approximate surface area is 99.2 Å². The van der Waals surface area contributed by atoms with Crippen LogP contribution in [0.15, 0.2) is 42.5 Å². The van der Waals surface area contributed by atoms with Crippen molar-refractivity contribution in [2.75, 3.05) is 0 Å². The summed E-state index contributed by atoms with van der Waals surface area (Å²) in [6.45, 7) is 0. The van der Waals surface area contributed by atoms with Crippen molar-refractivity contribution in [2.45, 2.75) is 25.1 Å². The number of aliphatic hydroxyl groups excluding tert-OH is 1. The number of alkyl halides is 1. The normalized spacial score (nSPS) is 14.7. The number of aliphatic carboxylic acids is 1. The number of carbonyl (C=O) groups is 1. The fourth-order valence-electron chi connectivity index (χ4n) is 1.46. The van der Waals surface area contributed by atoms with Crippen molar-refractivity contribution in [2.24, 2.45) is 0 Å². The number of carboxylic acid groups (broad SMARTS) is 1. The Morgan fingerprint density at radius 2 is 2.00 bits per heavy atom. The fourth-order valence-corrected chi connectivity index (χ4v) is 1.46. The highest BCUT2D eigenvalue weighted by molar-refractivity contribution is 5.79. The molecular weight excluding hydrogens is 223 g/mol. The van der Waals surface area contributed by atoms with E-state index < -0.39 is 18.2 Å². The largest absolute Gasteiger partial charge is 0.478 e. The van der Waals surface area contributed by atoms with Crippen molar-refractivity contribution in [3.05, 3.63) is 48.0 Å². The minimum Gasteiger partial charge on any atom is -0.478 e. The van der Waals surface area contributed by atoms with E-state index in [1.807, 2.05) is 0 Å². The molecule has 0 aliphatic carbocycles.